The third-order valence-corrected chi connectivity index (χ3v) is 3.34. The van der Waals surface area contributed by atoms with E-state index >= 15 is 0 Å². The number of aromatic nitrogens is 1. The van der Waals surface area contributed by atoms with Crippen LogP contribution in [0.25, 0.3) is 0 Å². The Morgan fingerprint density at radius 3 is 2.41 bits per heavy atom. The average molecular weight is 247 g/mol. The van der Waals surface area contributed by atoms with Crippen LogP contribution in [-0.2, 0) is 6.54 Å². The van der Waals surface area contributed by atoms with Crippen molar-refractivity contribution in [2.75, 3.05) is 17.7 Å². The van der Waals surface area contributed by atoms with Crippen molar-refractivity contribution in [1.82, 2.24) is 4.98 Å². The van der Waals surface area contributed by atoms with Crippen LogP contribution in [0.2, 0.25) is 0 Å². The van der Waals surface area contributed by atoms with Gasteiger partial charge in [0.15, 0.2) is 5.13 Å². The summed E-state index contributed by atoms with van der Waals surface area (Å²) in [7, 11) is 2.07. The lowest BCUT2D eigenvalue weighted by Crippen LogP contribution is -2.16. The molecule has 4 heteroatoms. The molecule has 0 saturated heterocycles. The summed E-state index contributed by atoms with van der Waals surface area (Å²) in [6.45, 7) is 5.02. The molecule has 0 saturated carbocycles. The number of nitrogen functional groups attached to an aromatic ring is 1. The van der Waals surface area contributed by atoms with Gasteiger partial charge in [-0.15, -0.1) is 11.3 Å². The van der Waals surface area contributed by atoms with Crippen molar-refractivity contribution in [3.63, 3.8) is 0 Å². The minimum absolute atomic E-state index is 0.633. The monoisotopic (exact) mass is 247 g/mol. The maximum atomic E-state index is 5.63. The van der Waals surface area contributed by atoms with E-state index in [9.17, 15) is 0 Å². The van der Waals surface area contributed by atoms with Crippen molar-refractivity contribution < 1.29 is 0 Å². The zero-order valence-electron chi connectivity index (χ0n) is 10.4. The van der Waals surface area contributed by atoms with E-state index in [1.807, 2.05) is 5.38 Å². The molecule has 1 aromatic carbocycles. The number of thiazole rings is 1. The van der Waals surface area contributed by atoms with E-state index in [0.29, 0.717) is 5.13 Å². The molecular weight excluding hydrogens is 230 g/mol. The van der Waals surface area contributed by atoms with Crippen molar-refractivity contribution in [1.29, 1.82) is 0 Å². The van der Waals surface area contributed by atoms with Gasteiger partial charge in [-0.25, -0.2) is 4.98 Å². The quantitative estimate of drug-likeness (QED) is 0.906. The fraction of sp³-hybridized carbons (Fsp3) is 0.308. The van der Waals surface area contributed by atoms with Gasteiger partial charge in [0, 0.05) is 18.1 Å². The van der Waals surface area contributed by atoms with Crippen molar-refractivity contribution in [3.8, 4) is 0 Å². The molecule has 17 heavy (non-hydrogen) atoms. The zero-order valence-corrected chi connectivity index (χ0v) is 11.2. The second kappa shape index (κ2) is 4.75. The van der Waals surface area contributed by atoms with E-state index in [1.54, 1.807) is 0 Å². The van der Waals surface area contributed by atoms with Crippen molar-refractivity contribution in [3.05, 3.63) is 40.4 Å². The summed E-state index contributed by atoms with van der Waals surface area (Å²) in [6, 6.07) is 6.55. The van der Waals surface area contributed by atoms with Gasteiger partial charge >= 0.3 is 0 Å². The lowest BCUT2D eigenvalue weighted by molar-refractivity contribution is 0.894. The van der Waals surface area contributed by atoms with Crippen molar-refractivity contribution >= 4 is 22.2 Å². The standard InChI is InChI=1S/C13H17N3S/c1-9-4-10(2)6-12(5-9)16(3)7-11-8-17-13(14)15-11/h4-6,8H,7H2,1-3H3,(H2,14,15). The van der Waals surface area contributed by atoms with Crippen molar-refractivity contribution in [2.24, 2.45) is 0 Å². The third-order valence-electron chi connectivity index (χ3n) is 2.62. The Balaban J connectivity index is 2.16. The first-order valence-corrected chi connectivity index (χ1v) is 6.42. The highest BCUT2D eigenvalue weighted by molar-refractivity contribution is 7.13. The molecule has 2 N–H and O–H groups in total. The second-order valence-corrected chi connectivity index (χ2v) is 5.27. The first-order chi connectivity index (χ1) is 8.04. The summed E-state index contributed by atoms with van der Waals surface area (Å²) in [4.78, 5) is 6.46. The van der Waals surface area contributed by atoms with Crippen LogP contribution in [0.4, 0.5) is 10.8 Å². The topological polar surface area (TPSA) is 42.1 Å². The molecule has 0 unspecified atom stereocenters. The van der Waals surface area contributed by atoms with Gasteiger partial charge < -0.3 is 10.6 Å². The zero-order chi connectivity index (χ0) is 12.4. The molecule has 0 aliphatic carbocycles. The summed E-state index contributed by atoms with van der Waals surface area (Å²) >= 11 is 1.49. The second-order valence-electron chi connectivity index (χ2n) is 4.38. The van der Waals surface area contributed by atoms with Gasteiger partial charge in [0.25, 0.3) is 0 Å². The molecule has 0 spiro atoms. The summed E-state index contributed by atoms with van der Waals surface area (Å²) in [5, 5.41) is 2.64. The van der Waals surface area contributed by atoms with Gasteiger partial charge in [-0.3, -0.25) is 0 Å². The molecule has 2 rings (SSSR count). The maximum Gasteiger partial charge on any atom is 0.180 e. The van der Waals surface area contributed by atoms with E-state index in [1.165, 1.54) is 28.2 Å². The molecular formula is C13H17N3S. The highest BCUT2D eigenvalue weighted by Crippen LogP contribution is 2.20. The fourth-order valence-electron chi connectivity index (χ4n) is 1.90. The number of rotatable bonds is 3. The summed E-state index contributed by atoms with van der Waals surface area (Å²) in [5.74, 6) is 0. The van der Waals surface area contributed by atoms with E-state index in [2.05, 4.69) is 49.0 Å². The van der Waals surface area contributed by atoms with E-state index in [-0.39, 0.29) is 0 Å². The van der Waals surface area contributed by atoms with Crippen LogP contribution in [0.1, 0.15) is 16.8 Å². The van der Waals surface area contributed by atoms with Crippen LogP contribution in [0, 0.1) is 13.8 Å². The summed E-state index contributed by atoms with van der Waals surface area (Å²) in [5.41, 5.74) is 10.4. The maximum absolute atomic E-state index is 5.63. The number of anilines is 2. The van der Waals surface area contributed by atoms with Gasteiger partial charge in [-0.2, -0.15) is 0 Å². The SMILES string of the molecule is Cc1cc(C)cc(N(C)Cc2csc(N)n2)c1. The summed E-state index contributed by atoms with van der Waals surface area (Å²) < 4.78 is 0. The van der Waals surface area contributed by atoms with Gasteiger partial charge in [0.2, 0.25) is 0 Å². The van der Waals surface area contributed by atoms with Gasteiger partial charge in [-0.1, -0.05) is 6.07 Å². The molecule has 0 aliphatic rings. The van der Waals surface area contributed by atoms with Crippen LogP contribution >= 0.6 is 11.3 Å². The van der Waals surface area contributed by atoms with Crippen molar-refractivity contribution in [2.45, 2.75) is 20.4 Å². The lowest BCUT2D eigenvalue weighted by Gasteiger charge is -2.19. The van der Waals surface area contributed by atoms with Gasteiger partial charge in [0.1, 0.15) is 0 Å². The number of hydrogen-bond acceptors (Lipinski definition) is 4. The Hall–Kier alpha value is -1.55. The number of aryl methyl sites for hydroxylation is 2. The number of hydrogen-bond donors (Lipinski definition) is 1. The Morgan fingerprint density at radius 1 is 1.24 bits per heavy atom. The fourth-order valence-corrected chi connectivity index (χ4v) is 2.45. The Morgan fingerprint density at radius 2 is 1.88 bits per heavy atom. The third kappa shape index (κ3) is 2.97. The minimum atomic E-state index is 0.633. The molecule has 0 amide bonds. The van der Waals surface area contributed by atoms with Gasteiger partial charge in [-0.05, 0) is 37.1 Å². The van der Waals surface area contributed by atoms with Crippen LogP contribution in [0.5, 0.6) is 0 Å². The average Bonchev–Trinajstić information content (AvgIpc) is 2.62. The first-order valence-electron chi connectivity index (χ1n) is 5.54. The number of benzene rings is 1. The highest BCUT2D eigenvalue weighted by Gasteiger charge is 2.06. The molecule has 90 valence electrons. The van der Waals surface area contributed by atoms with E-state index in [0.717, 1.165) is 12.2 Å². The predicted molar refractivity (Wildman–Crippen MR) is 74.5 cm³/mol. The van der Waals surface area contributed by atoms with Gasteiger partial charge in [0.05, 0.1) is 12.2 Å². The lowest BCUT2D eigenvalue weighted by atomic mass is 10.1. The molecule has 0 radical (unpaired) electrons. The van der Waals surface area contributed by atoms with E-state index < -0.39 is 0 Å². The Bertz CT molecular complexity index is 499. The highest BCUT2D eigenvalue weighted by atomic mass is 32.1. The van der Waals surface area contributed by atoms with Crippen LogP contribution in [0.3, 0.4) is 0 Å². The normalized spacial score (nSPS) is 10.5. The first kappa shape index (κ1) is 11.9. The molecule has 1 heterocycles. The molecule has 1 aromatic heterocycles. The molecule has 3 nitrogen and oxygen atoms in total. The van der Waals surface area contributed by atoms with Crippen LogP contribution < -0.4 is 10.6 Å². The predicted octanol–water partition coefficient (Wildman–Crippen LogP) is 2.98. The smallest absolute Gasteiger partial charge is 0.180 e. The molecule has 0 aliphatic heterocycles. The Kier molecular flexibility index (Phi) is 3.33. The molecule has 0 atom stereocenters. The van der Waals surface area contributed by atoms with E-state index in [4.69, 9.17) is 5.73 Å². The number of nitrogens with zero attached hydrogens (tertiary/aromatic N) is 2. The van der Waals surface area contributed by atoms with Crippen LogP contribution in [-0.4, -0.2) is 12.0 Å². The van der Waals surface area contributed by atoms with Crippen LogP contribution in [0.15, 0.2) is 23.6 Å². The minimum Gasteiger partial charge on any atom is -0.375 e. The molecule has 0 fully saturated rings. The largest absolute Gasteiger partial charge is 0.375 e. The summed E-state index contributed by atoms with van der Waals surface area (Å²) in [6.07, 6.45) is 0. The molecule has 0 bridgehead atoms. The Labute approximate surface area is 106 Å². The molecule has 2 aromatic rings. The number of nitrogens with two attached hydrogens (primary N) is 1.